The number of carboxylic acid groups (broad SMARTS) is 1. The average molecular weight is 273 g/mol. The highest BCUT2D eigenvalue weighted by Gasteiger charge is 2.33. The molecule has 0 bridgehead atoms. The van der Waals surface area contributed by atoms with Crippen molar-refractivity contribution in [3.63, 3.8) is 0 Å². The molecular formula is C15H19N3O2. The van der Waals surface area contributed by atoms with Crippen LogP contribution in [-0.2, 0) is 6.54 Å². The quantitative estimate of drug-likeness (QED) is 0.929. The van der Waals surface area contributed by atoms with Gasteiger partial charge in [0.05, 0.1) is 11.1 Å². The lowest BCUT2D eigenvalue weighted by atomic mass is 9.83. The van der Waals surface area contributed by atoms with Crippen molar-refractivity contribution in [2.75, 3.05) is 0 Å². The lowest BCUT2D eigenvalue weighted by Gasteiger charge is -2.27. The van der Waals surface area contributed by atoms with Crippen LogP contribution in [-0.4, -0.2) is 26.1 Å². The summed E-state index contributed by atoms with van der Waals surface area (Å²) in [6, 6.07) is 5.24. The zero-order valence-electron chi connectivity index (χ0n) is 11.7. The highest BCUT2D eigenvalue weighted by atomic mass is 16.4. The Morgan fingerprint density at radius 2 is 2.15 bits per heavy atom. The smallest absolute Gasteiger partial charge is 0.338 e. The van der Waals surface area contributed by atoms with Crippen LogP contribution >= 0.6 is 0 Å². The van der Waals surface area contributed by atoms with Gasteiger partial charge < -0.3 is 5.11 Å². The number of hydrogen-bond acceptors (Lipinski definition) is 3. The average Bonchev–Trinajstić information content (AvgIpc) is 3.07. The van der Waals surface area contributed by atoms with Crippen LogP contribution in [0.5, 0.6) is 0 Å². The molecule has 1 N–H and O–H groups in total. The van der Waals surface area contributed by atoms with E-state index in [-0.39, 0.29) is 5.56 Å². The number of benzene rings is 1. The van der Waals surface area contributed by atoms with Crippen LogP contribution in [0.4, 0.5) is 0 Å². The van der Waals surface area contributed by atoms with Gasteiger partial charge in [0, 0.05) is 6.54 Å². The summed E-state index contributed by atoms with van der Waals surface area (Å²) in [4.78, 5) is 11.2. The predicted molar refractivity (Wildman–Crippen MR) is 75.7 cm³/mol. The number of carbonyl (C=O) groups is 1. The van der Waals surface area contributed by atoms with E-state index in [4.69, 9.17) is 0 Å². The molecule has 2 aromatic rings. The number of nitrogens with zero attached hydrogens (tertiary/aromatic N) is 3. The first-order chi connectivity index (χ1) is 9.65. The summed E-state index contributed by atoms with van der Waals surface area (Å²) in [5.41, 5.74) is 1.85. The second-order valence-corrected chi connectivity index (χ2v) is 5.79. The van der Waals surface area contributed by atoms with Gasteiger partial charge in [-0.1, -0.05) is 31.0 Å². The van der Waals surface area contributed by atoms with Gasteiger partial charge in [-0.2, -0.15) is 0 Å². The van der Waals surface area contributed by atoms with Gasteiger partial charge in [0.15, 0.2) is 0 Å². The van der Waals surface area contributed by atoms with E-state index in [2.05, 4.69) is 17.2 Å². The van der Waals surface area contributed by atoms with Gasteiger partial charge >= 0.3 is 5.97 Å². The Bertz CT molecular complexity index is 642. The standard InChI is InChI=1S/C15H19N3O2/c1-2-15(8-3-4-9-15)10-18-12-7-5-6-11(14(19)20)13(12)16-17-18/h5-7H,2-4,8-10H2,1H3,(H,19,20). The van der Waals surface area contributed by atoms with Crippen molar-refractivity contribution in [2.45, 2.75) is 45.6 Å². The highest BCUT2D eigenvalue weighted by molar-refractivity contribution is 6.00. The second kappa shape index (κ2) is 4.89. The molecule has 106 valence electrons. The van der Waals surface area contributed by atoms with E-state index < -0.39 is 5.97 Å². The van der Waals surface area contributed by atoms with Gasteiger partial charge in [-0.3, -0.25) is 0 Å². The summed E-state index contributed by atoms with van der Waals surface area (Å²) in [6.45, 7) is 3.07. The predicted octanol–water partition coefficient (Wildman–Crippen LogP) is 3.10. The Kier molecular flexibility index (Phi) is 3.20. The Morgan fingerprint density at radius 1 is 1.40 bits per heavy atom. The minimum absolute atomic E-state index is 0.228. The molecule has 1 aromatic heterocycles. The third-order valence-corrected chi connectivity index (χ3v) is 4.68. The molecule has 1 aliphatic rings. The van der Waals surface area contributed by atoms with Gasteiger partial charge in [-0.15, -0.1) is 5.10 Å². The van der Waals surface area contributed by atoms with Gasteiger partial charge in [-0.05, 0) is 36.8 Å². The molecule has 0 amide bonds. The van der Waals surface area contributed by atoms with Crippen LogP contribution in [0, 0.1) is 5.41 Å². The lowest BCUT2D eigenvalue weighted by Crippen LogP contribution is -2.23. The van der Waals surface area contributed by atoms with E-state index in [0.717, 1.165) is 18.5 Å². The van der Waals surface area contributed by atoms with Crippen LogP contribution in [0.2, 0.25) is 0 Å². The first-order valence-corrected chi connectivity index (χ1v) is 7.21. The molecule has 20 heavy (non-hydrogen) atoms. The highest BCUT2D eigenvalue weighted by Crippen LogP contribution is 2.42. The molecule has 1 heterocycles. The number of hydrogen-bond donors (Lipinski definition) is 1. The van der Waals surface area contributed by atoms with Crippen molar-refractivity contribution in [1.82, 2.24) is 15.0 Å². The number of carboxylic acids is 1. The molecule has 1 fully saturated rings. The Hall–Kier alpha value is -1.91. The van der Waals surface area contributed by atoms with Gasteiger partial charge in [0.2, 0.25) is 0 Å². The summed E-state index contributed by atoms with van der Waals surface area (Å²) in [5.74, 6) is -0.950. The Balaban J connectivity index is 2.01. The van der Waals surface area contributed by atoms with E-state index in [1.165, 1.54) is 25.7 Å². The van der Waals surface area contributed by atoms with E-state index >= 15 is 0 Å². The van der Waals surface area contributed by atoms with E-state index in [1.807, 2.05) is 10.7 Å². The van der Waals surface area contributed by atoms with Crippen molar-refractivity contribution in [1.29, 1.82) is 0 Å². The fraction of sp³-hybridized carbons (Fsp3) is 0.533. The molecule has 1 aromatic carbocycles. The van der Waals surface area contributed by atoms with Crippen LogP contribution < -0.4 is 0 Å². The maximum Gasteiger partial charge on any atom is 0.338 e. The van der Waals surface area contributed by atoms with Crippen LogP contribution in [0.3, 0.4) is 0 Å². The zero-order valence-corrected chi connectivity index (χ0v) is 11.7. The van der Waals surface area contributed by atoms with E-state index in [9.17, 15) is 9.90 Å². The SMILES string of the molecule is CCC1(Cn2nnc3c(C(=O)O)cccc32)CCCC1. The first-order valence-electron chi connectivity index (χ1n) is 7.21. The fourth-order valence-corrected chi connectivity index (χ4v) is 3.35. The first kappa shape index (κ1) is 13.1. The molecule has 5 heteroatoms. The molecule has 1 aliphatic carbocycles. The fourth-order valence-electron chi connectivity index (χ4n) is 3.35. The Morgan fingerprint density at radius 3 is 2.80 bits per heavy atom. The van der Waals surface area contributed by atoms with E-state index in [1.54, 1.807) is 12.1 Å². The third kappa shape index (κ3) is 2.07. The topological polar surface area (TPSA) is 68.0 Å². The number of aromatic carboxylic acids is 1. The molecule has 0 spiro atoms. The van der Waals surface area contributed by atoms with Gasteiger partial charge in [0.1, 0.15) is 5.52 Å². The molecule has 0 unspecified atom stereocenters. The summed E-state index contributed by atoms with van der Waals surface area (Å²) < 4.78 is 1.89. The molecule has 5 nitrogen and oxygen atoms in total. The molecule has 1 saturated carbocycles. The zero-order chi connectivity index (χ0) is 14.2. The molecule has 3 rings (SSSR count). The molecule has 0 atom stereocenters. The van der Waals surface area contributed by atoms with Crippen molar-refractivity contribution < 1.29 is 9.90 Å². The minimum atomic E-state index is -0.950. The van der Waals surface area contributed by atoms with Crippen molar-refractivity contribution in [2.24, 2.45) is 5.41 Å². The van der Waals surface area contributed by atoms with Crippen LogP contribution in [0.1, 0.15) is 49.4 Å². The number of fused-ring (bicyclic) bond motifs is 1. The maximum absolute atomic E-state index is 11.2. The molecule has 0 aliphatic heterocycles. The van der Waals surface area contributed by atoms with Crippen molar-refractivity contribution in [3.05, 3.63) is 23.8 Å². The largest absolute Gasteiger partial charge is 0.478 e. The maximum atomic E-state index is 11.2. The van der Waals surface area contributed by atoms with Crippen molar-refractivity contribution in [3.8, 4) is 0 Å². The lowest BCUT2D eigenvalue weighted by molar-refractivity contribution is 0.0699. The molecular weight excluding hydrogens is 254 g/mol. The minimum Gasteiger partial charge on any atom is -0.478 e. The summed E-state index contributed by atoms with van der Waals surface area (Å²) in [7, 11) is 0. The molecule has 0 radical (unpaired) electrons. The van der Waals surface area contributed by atoms with Gasteiger partial charge in [0.25, 0.3) is 0 Å². The number of rotatable bonds is 4. The van der Waals surface area contributed by atoms with Crippen molar-refractivity contribution >= 4 is 17.0 Å². The number of aromatic nitrogens is 3. The monoisotopic (exact) mass is 273 g/mol. The molecule has 0 saturated heterocycles. The van der Waals surface area contributed by atoms with Crippen LogP contribution in [0.25, 0.3) is 11.0 Å². The van der Waals surface area contributed by atoms with Gasteiger partial charge in [-0.25, -0.2) is 9.48 Å². The Labute approximate surface area is 117 Å². The summed E-state index contributed by atoms with van der Waals surface area (Å²) in [6.07, 6.45) is 6.14. The summed E-state index contributed by atoms with van der Waals surface area (Å²) in [5, 5.41) is 17.5. The second-order valence-electron chi connectivity index (χ2n) is 5.79. The van der Waals surface area contributed by atoms with E-state index in [0.29, 0.717) is 10.9 Å². The third-order valence-electron chi connectivity index (χ3n) is 4.68. The summed E-state index contributed by atoms with van der Waals surface area (Å²) >= 11 is 0. The van der Waals surface area contributed by atoms with Crippen LogP contribution in [0.15, 0.2) is 18.2 Å². The normalized spacial score (nSPS) is 17.6.